The summed E-state index contributed by atoms with van der Waals surface area (Å²) in [6.07, 6.45) is 1.06. The first-order valence-electron chi connectivity index (χ1n) is 5.35. The van der Waals surface area contributed by atoms with Crippen molar-refractivity contribution in [3.8, 4) is 11.3 Å². The van der Waals surface area contributed by atoms with E-state index in [2.05, 4.69) is 33.2 Å². The summed E-state index contributed by atoms with van der Waals surface area (Å²) in [6, 6.07) is 4.63. The summed E-state index contributed by atoms with van der Waals surface area (Å²) in [7, 11) is 0. The molecule has 17 heavy (non-hydrogen) atoms. The maximum Gasteiger partial charge on any atom is 0.183 e. The van der Waals surface area contributed by atoms with Crippen molar-refractivity contribution in [2.45, 2.75) is 13.3 Å². The topological polar surface area (TPSA) is 24.9 Å². The maximum absolute atomic E-state index is 13.0. The van der Waals surface area contributed by atoms with E-state index in [-0.39, 0.29) is 5.82 Å². The van der Waals surface area contributed by atoms with Crippen LogP contribution in [0.1, 0.15) is 13.3 Å². The molecule has 2 aromatic rings. The van der Waals surface area contributed by atoms with E-state index in [4.69, 9.17) is 0 Å². The van der Waals surface area contributed by atoms with E-state index in [9.17, 15) is 4.39 Å². The van der Waals surface area contributed by atoms with Crippen LogP contribution in [0.25, 0.3) is 11.3 Å². The van der Waals surface area contributed by atoms with Crippen LogP contribution >= 0.6 is 27.3 Å². The van der Waals surface area contributed by atoms with Crippen LogP contribution in [-0.2, 0) is 0 Å². The zero-order valence-corrected chi connectivity index (χ0v) is 11.7. The molecule has 0 aliphatic carbocycles. The lowest BCUT2D eigenvalue weighted by Crippen LogP contribution is -1.98. The minimum absolute atomic E-state index is 0.250. The minimum atomic E-state index is -0.250. The smallest absolute Gasteiger partial charge is 0.183 e. The van der Waals surface area contributed by atoms with E-state index in [1.165, 1.54) is 12.1 Å². The highest BCUT2D eigenvalue weighted by Crippen LogP contribution is 2.31. The number of benzene rings is 1. The van der Waals surface area contributed by atoms with Crippen LogP contribution in [0.15, 0.2) is 28.1 Å². The third kappa shape index (κ3) is 3.04. The number of thiazole rings is 1. The van der Waals surface area contributed by atoms with Crippen molar-refractivity contribution >= 4 is 32.4 Å². The van der Waals surface area contributed by atoms with Crippen LogP contribution in [-0.4, -0.2) is 11.5 Å². The van der Waals surface area contributed by atoms with Gasteiger partial charge in [-0.15, -0.1) is 11.3 Å². The molecule has 0 atom stereocenters. The molecule has 1 aromatic carbocycles. The highest BCUT2D eigenvalue weighted by molar-refractivity contribution is 9.10. The summed E-state index contributed by atoms with van der Waals surface area (Å²) in [4.78, 5) is 4.46. The largest absolute Gasteiger partial charge is 0.362 e. The van der Waals surface area contributed by atoms with Crippen LogP contribution in [0.5, 0.6) is 0 Å². The van der Waals surface area contributed by atoms with E-state index >= 15 is 0 Å². The summed E-state index contributed by atoms with van der Waals surface area (Å²) in [5.41, 5.74) is 1.77. The predicted octanol–water partition coefficient (Wildman–Crippen LogP) is 4.53. The average molecular weight is 315 g/mol. The molecule has 0 saturated heterocycles. The van der Waals surface area contributed by atoms with Crippen LogP contribution in [0.4, 0.5) is 9.52 Å². The monoisotopic (exact) mass is 314 g/mol. The van der Waals surface area contributed by atoms with E-state index in [0.29, 0.717) is 0 Å². The minimum Gasteiger partial charge on any atom is -0.362 e. The van der Waals surface area contributed by atoms with Gasteiger partial charge in [0.05, 0.1) is 5.69 Å². The van der Waals surface area contributed by atoms with Gasteiger partial charge in [0.25, 0.3) is 0 Å². The zero-order chi connectivity index (χ0) is 12.3. The van der Waals surface area contributed by atoms with Crippen molar-refractivity contribution in [2.75, 3.05) is 11.9 Å². The molecule has 1 heterocycles. The molecule has 0 spiro atoms. The quantitative estimate of drug-likeness (QED) is 0.896. The van der Waals surface area contributed by atoms with Gasteiger partial charge in [-0.3, -0.25) is 0 Å². The van der Waals surface area contributed by atoms with Gasteiger partial charge < -0.3 is 5.32 Å². The lowest BCUT2D eigenvalue weighted by atomic mass is 10.2. The Kier molecular flexibility index (Phi) is 4.12. The molecule has 0 saturated carbocycles. The molecule has 2 nitrogen and oxygen atoms in total. The Morgan fingerprint density at radius 1 is 1.47 bits per heavy atom. The molecule has 0 amide bonds. The number of anilines is 1. The molecule has 0 fully saturated rings. The lowest BCUT2D eigenvalue weighted by Gasteiger charge is -2.01. The number of nitrogens with one attached hydrogen (secondary N) is 1. The van der Waals surface area contributed by atoms with Crippen molar-refractivity contribution in [3.05, 3.63) is 33.9 Å². The molecule has 0 bridgehead atoms. The van der Waals surface area contributed by atoms with Crippen LogP contribution in [0.2, 0.25) is 0 Å². The van der Waals surface area contributed by atoms with Gasteiger partial charge in [0, 0.05) is 22.0 Å². The molecule has 2 rings (SSSR count). The van der Waals surface area contributed by atoms with Crippen molar-refractivity contribution in [1.29, 1.82) is 0 Å². The summed E-state index contributed by atoms with van der Waals surface area (Å²) in [5.74, 6) is -0.250. The molecular weight excluding hydrogens is 303 g/mol. The van der Waals surface area contributed by atoms with Crippen molar-refractivity contribution in [1.82, 2.24) is 4.98 Å². The predicted molar refractivity (Wildman–Crippen MR) is 74.0 cm³/mol. The molecule has 5 heteroatoms. The van der Waals surface area contributed by atoms with E-state index in [1.807, 2.05) is 5.38 Å². The first-order chi connectivity index (χ1) is 8.20. The van der Waals surface area contributed by atoms with Gasteiger partial charge >= 0.3 is 0 Å². The molecular formula is C12H12BrFN2S. The molecule has 0 radical (unpaired) electrons. The highest BCUT2D eigenvalue weighted by atomic mass is 79.9. The lowest BCUT2D eigenvalue weighted by molar-refractivity contribution is 0.627. The van der Waals surface area contributed by atoms with Crippen molar-refractivity contribution < 1.29 is 4.39 Å². The van der Waals surface area contributed by atoms with Crippen LogP contribution in [0.3, 0.4) is 0 Å². The highest BCUT2D eigenvalue weighted by Gasteiger charge is 2.08. The SMILES string of the molecule is CCCNc1nc(-c2ccc(F)cc2Br)cs1. The summed E-state index contributed by atoms with van der Waals surface area (Å²) < 4.78 is 13.7. The Bertz CT molecular complexity index is 513. The summed E-state index contributed by atoms with van der Waals surface area (Å²) in [5, 5.41) is 6.10. The second kappa shape index (κ2) is 5.60. The maximum atomic E-state index is 13.0. The normalized spacial score (nSPS) is 10.5. The van der Waals surface area contributed by atoms with Gasteiger partial charge in [-0.25, -0.2) is 9.37 Å². The third-order valence-corrected chi connectivity index (χ3v) is 3.69. The van der Waals surface area contributed by atoms with Gasteiger partial charge in [0.15, 0.2) is 5.13 Å². The Balaban J connectivity index is 2.24. The second-order valence-electron chi connectivity index (χ2n) is 3.59. The van der Waals surface area contributed by atoms with E-state index < -0.39 is 0 Å². The molecule has 1 N–H and O–H groups in total. The van der Waals surface area contributed by atoms with E-state index in [0.717, 1.165) is 33.8 Å². The van der Waals surface area contributed by atoms with Gasteiger partial charge in [0.2, 0.25) is 0 Å². The van der Waals surface area contributed by atoms with E-state index in [1.54, 1.807) is 17.4 Å². The Morgan fingerprint density at radius 3 is 3.00 bits per heavy atom. The molecule has 0 unspecified atom stereocenters. The fraction of sp³-hybridized carbons (Fsp3) is 0.250. The Labute approximate surface area is 112 Å². The summed E-state index contributed by atoms with van der Waals surface area (Å²) >= 11 is 4.91. The number of rotatable bonds is 4. The van der Waals surface area contributed by atoms with Gasteiger partial charge in [-0.2, -0.15) is 0 Å². The van der Waals surface area contributed by atoms with Gasteiger partial charge in [0.1, 0.15) is 5.82 Å². The first-order valence-corrected chi connectivity index (χ1v) is 7.03. The number of halogens is 2. The fourth-order valence-electron chi connectivity index (χ4n) is 1.41. The molecule has 90 valence electrons. The zero-order valence-electron chi connectivity index (χ0n) is 9.34. The van der Waals surface area contributed by atoms with Crippen LogP contribution < -0.4 is 5.32 Å². The number of aromatic nitrogens is 1. The Morgan fingerprint density at radius 2 is 2.29 bits per heavy atom. The summed E-state index contributed by atoms with van der Waals surface area (Å²) in [6.45, 7) is 3.02. The average Bonchev–Trinajstić information content (AvgIpc) is 2.75. The number of nitrogens with zero attached hydrogens (tertiary/aromatic N) is 1. The van der Waals surface area contributed by atoms with Crippen molar-refractivity contribution in [3.63, 3.8) is 0 Å². The number of hydrogen-bond donors (Lipinski definition) is 1. The second-order valence-corrected chi connectivity index (χ2v) is 5.30. The van der Waals surface area contributed by atoms with Gasteiger partial charge in [-0.1, -0.05) is 6.92 Å². The third-order valence-electron chi connectivity index (χ3n) is 2.24. The molecule has 0 aliphatic heterocycles. The first kappa shape index (κ1) is 12.5. The Hall–Kier alpha value is -0.940. The standard InChI is InChI=1S/C12H12BrFN2S/c1-2-5-15-12-16-11(7-17-12)9-4-3-8(14)6-10(9)13/h3-4,6-7H,2,5H2,1H3,(H,15,16). The molecule has 0 aliphatic rings. The van der Waals surface area contributed by atoms with Gasteiger partial charge in [-0.05, 0) is 40.5 Å². The fourth-order valence-corrected chi connectivity index (χ4v) is 2.70. The molecule has 1 aromatic heterocycles. The van der Waals surface area contributed by atoms with Crippen molar-refractivity contribution in [2.24, 2.45) is 0 Å². The number of hydrogen-bond acceptors (Lipinski definition) is 3. The van der Waals surface area contributed by atoms with Crippen LogP contribution in [0, 0.1) is 5.82 Å².